The first kappa shape index (κ1) is 30.8. The van der Waals surface area contributed by atoms with Gasteiger partial charge >= 0.3 is 12.1 Å². The number of piperidine rings is 1. The van der Waals surface area contributed by atoms with Crippen molar-refractivity contribution in [2.24, 2.45) is 5.41 Å². The molecule has 0 unspecified atom stereocenters. The van der Waals surface area contributed by atoms with Crippen LogP contribution in [0.3, 0.4) is 0 Å². The maximum absolute atomic E-state index is 14.5. The zero-order chi connectivity index (χ0) is 30.9. The Bertz CT molecular complexity index is 1500. The van der Waals surface area contributed by atoms with Crippen LogP contribution in [0.15, 0.2) is 42.5 Å². The number of nitrogen functional groups attached to an aromatic ring is 1. The molecular weight excluding hydrogens is 590 g/mol. The van der Waals surface area contributed by atoms with E-state index in [9.17, 15) is 22.4 Å². The van der Waals surface area contributed by atoms with Crippen molar-refractivity contribution < 1.29 is 31.8 Å². The van der Waals surface area contributed by atoms with Crippen molar-refractivity contribution in [3.63, 3.8) is 0 Å². The van der Waals surface area contributed by atoms with Crippen molar-refractivity contribution >= 4 is 29.3 Å². The standard InChI is InChI=1S/C30H32ClF4N5O3/c1-3-42-27(41)23-15-29(16-37-23)8-10-40(11-9-29)24-14-25(39-28(36)38-24)43-26(30(33,34)35)20-7-6-19(31)13-21(20)18-5-4-17(2)22(32)12-18/h4-7,12-14,23,26,37H,3,8-11,15-16H2,1-2H3,(H2,36,38,39)/t23-,26+/m0/s1. The molecule has 3 heterocycles. The van der Waals surface area contributed by atoms with Crippen molar-refractivity contribution in [3.8, 4) is 17.0 Å². The summed E-state index contributed by atoms with van der Waals surface area (Å²) in [6.45, 7) is 5.42. The summed E-state index contributed by atoms with van der Waals surface area (Å²) in [5.74, 6) is -1.08. The monoisotopic (exact) mass is 621 g/mol. The van der Waals surface area contributed by atoms with Gasteiger partial charge < -0.3 is 25.4 Å². The lowest BCUT2D eigenvalue weighted by Gasteiger charge is -2.39. The first-order chi connectivity index (χ1) is 20.4. The predicted octanol–water partition coefficient (Wildman–Crippen LogP) is 6.02. The van der Waals surface area contributed by atoms with E-state index in [0.29, 0.717) is 44.0 Å². The number of nitrogens with zero attached hydrogens (tertiary/aromatic N) is 3. The molecule has 0 amide bonds. The SMILES string of the molecule is CCOC(=O)[C@@H]1CC2(CCN(c3cc(O[C@H](c4ccc(Cl)cc4-c4ccc(C)c(F)c4)C(F)(F)F)nc(N)n3)CC2)CN1. The molecule has 2 aliphatic heterocycles. The molecule has 5 rings (SSSR count). The summed E-state index contributed by atoms with van der Waals surface area (Å²) in [4.78, 5) is 22.3. The molecule has 2 fully saturated rings. The van der Waals surface area contributed by atoms with Gasteiger partial charge in [0.05, 0.1) is 6.61 Å². The summed E-state index contributed by atoms with van der Waals surface area (Å²) in [5, 5.41) is 3.44. The van der Waals surface area contributed by atoms with Gasteiger partial charge in [-0.1, -0.05) is 29.8 Å². The number of nitrogens with two attached hydrogens (primary N) is 1. The average Bonchev–Trinajstić information content (AvgIpc) is 3.36. The van der Waals surface area contributed by atoms with E-state index in [-0.39, 0.29) is 51.0 Å². The summed E-state index contributed by atoms with van der Waals surface area (Å²) in [7, 11) is 0. The predicted molar refractivity (Wildman–Crippen MR) is 154 cm³/mol. The number of aryl methyl sites for hydroxylation is 1. The van der Waals surface area contributed by atoms with Gasteiger partial charge in [-0.15, -0.1) is 0 Å². The average molecular weight is 622 g/mol. The van der Waals surface area contributed by atoms with E-state index in [1.165, 1.54) is 36.4 Å². The Balaban J connectivity index is 1.38. The number of anilines is 2. The molecule has 230 valence electrons. The number of rotatable bonds is 7. The molecule has 2 atom stereocenters. The minimum absolute atomic E-state index is 0.0728. The summed E-state index contributed by atoms with van der Waals surface area (Å²) < 4.78 is 68.7. The first-order valence-corrected chi connectivity index (χ1v) is 14.3. The van der Waals surface area contributed by atoms with E-state index < -0.39 is 18.1 Å². The Hall–Kier alpha value is -3.64. The normalized spacial score (nSPS) is 19.0. The minimum atomic E-state index is -4.87. The van der Waals surface area contributed by atoms with Gasteiger partial charge in [-0.25, -0.2) is 4.39 Å². The van der Waals surface area contributed by atoms with Crippen molar-refractivity contribution in [2.45, 2.75) is 51.4 Å². The molecule has 8 nitrogen and oxygen atoms in total. The largest absolute Gasteiger partial charge is 0.465 e. The van der Waals surface area contributed by atoms with Crippen molar-refractivity contribution in [1.29, 1.82) is 0 Å². The van der Waals surface area contributed by atoms with Gasteiger partial charge in [-0.2, -0.15) is 23.1 Å². The van der Waals surface area contributed by atoms with Crippen LogP contribution in [-0.2, 0) is 9.53 Å². The molecule has 43 heavy (non-hydrogen) atoms. The molecular formula is C30H32ClF4N5O3. The van der Waals surface area contributed by atoms with Crippen LogP contribution in [0.1, 0.15) is 43.4 Å². The Kier molecular flexibility index (Phi) is 8.71. The summed E-state index contributed by atoms with van der Waals surface area (Å²) >= 11 is 6.14. The van der Waals surface area contributed by atoms with E-state index in [4.69, 9.17) is 26.8 Å². The molecule has 3 aromatic rings. The van der Waals surface area contributed by atoms with Crippen LogP contribution in [-0.4, -0.2) is 54.4 Å². The second-order valence-corrected chi connectivity index (χ2v) is 11.5. The number of aromatic nitrogens is 2. The molecule has 2 aromatic carbocycles. The van der Waals surface area contributed by atoms with Crippen molar-refractivity contribution in [1.82, 2.24) is 15.3 Å². The molecule has 13 heteroatoms. The lowest BCUT2D eigenvalue weighted by Crippen LogP contribution is -2.41. The molecule has 3 N–H and O–H groups in total. The number of alkyl halides is 3. The number of carbonyl (C=O) groups is 1. The van der Waals surface area contributed by atoms with E-state index >= 15 is 0 Å². The number of carbonyl (C=O) groups excluding carboxylic acids is 1. The minimum Gasteiger partial charge on any atom is -0.465 e. The third-order valence-electron chi connectivity index (χ3n) is 8.10. The number of esters is 1. The zero-order valence-electron chi connectivity index (χ0n) is 23.7. The molecule has 2 aliphatic rings. The summed E-state index contributed by atoms with van der Waals surface area (Å²) in [6, 6.07) is 9.03. The van der Waals surface area contributed by atoms with E-state index in [2.05, 4.69) is 15.3 Å². The number of hydrogen-bond donors (Lipinski definition) is 2. The smallest absolute Gasteiger partial charge is 0.429 e. The number of hydrogen-bond acceptors (Lipinski definition) is 8. The quantitative estimate of drug-likeness (QED) is 0.244. The summed E-state index contributed by atoms with van der Waals surface area (Å²) in [5.41, 5.74) is 6.22. The van der Waals surface area contributed by atoms with Gasteiger partial charge in [0.15, 0.2) is 0 Å². The molecule has 1 aromatic heterocycles. The fourth-order valence-electron chi connectivity index (χ4n) is 5.77. The number of ether oxygens (including phenoxy) is 2. The van der Waals surface area contributed by atoms with Crippen LogP contribution in [0, 0.1) is 18.2 Å². The maximum atomic E-state index is 14.5. The zero-order valence-corrected chi connectivity index (χ0v) is 24.4. The Morgan fingerprint density at radius 3 is 2.60 bits per heavy atom. The van der Waals surface area contributed by atoms with Crippen LogP contribution in [0.25, 0.3) is 11.1 Å². The second kappa shape index (κ2) is 12.2. The molecule has 2 saturated heterocycles. The highest BCUT2D eigenvalue weighted by Gasteiger charge is 2.46. The first-order valence-electron chi connectivity index (χ1n) is 14.0. The maximum Gasteiger partial charge on any atom is 0.429 e. The Labute approximate surface area is 251 Å². The second-order valence-electron chi connectivity index (χ2n) is 11.0. The summed E-state index contributed by atoms with van der Waals surface area (Å²) in [6.07, 6.45) is -5.19. The third kappa shape index (κ3) is 6.80. The van der Waals surface area contributed by atoms with Gasteiger partial charge in [0, 0.05) is 36.3 Å². The molecule has 0 bridgehead atoms. The highest BCUT2D eigenvalue weighted by Crippen LogP contribution is 2.43. The third-order valence-corrected chi connectivity index (χ3v) is 8.34. The van der Waals surface area contributed by atoms with Crippen molar-refractivity contribution in [2.75, 3.05) is 36.9 Å². The molecule has 1 spiro atoms. The van der Waals surface area contributed by atoms with E-state index in [1.807, 2.05) is 4.90 Å². The Morgan fingerprint density at radius 1 is 1.19 bits per heavy atom. The number of benzene rings is 2. The lowest BCUT2D eigenvalue weighted by molar-refractivity contribution is -0.198. The lowest BCUT2D eigenvalue weighted by atomic mass is 9.76. The number of nitrogens with one attached hydrogen (secondary N) is 1. The van der Waals surface area contributed by atoms with E-state index in [0.717, 1.165) is 18.9 Å². The van der Waals surface area contributed by atoms with Gasteiger partial charge in [0.25, 0.3) is 0 Å². The molecule has 0 aliphatic carbocycles. The fourth-order valence-corrected chi connectivity index (χ4v) is 5.94. The van der Waals surface area contributed by atoms with Crippen molar-refractivity contribution in [3.05, 3.63) is 64.4 Å². The van der Waals surface area contributed by atoms with Gasteiger partial charge in [0.1, 0.15) is 17.7 Å². The van der Waals surface area contributed by atoms with Crippen LogP contribution < -0.4 is 20.7 Å². The van der Waals surface area contributed by atoms with Gasteiger partial charge in [0.2, 0.25) is 17.9 Å². The highest BCUT2D eigenvalue weighted by atomic mass is 35.5. The van der Waals surface area contributed by atoms with Crippen LogP contribution in [0.4, 0.5) is 29.3 Å². The Morgan fingerprint density at radius 2 is 1.93 bits per heavy atom. The topological polar surface area (TPSA) is 103 Å². The molecule has 0 saturated carbocycles. The highest BCUT2D eigenvalue weighted by molar-refractivity contribution is 6.30. The fraction of sp³-hybridized carbons (Fsp3) is 0.433. The molecule has 0 radical (unpaired) electrons. The van der Waals surface area contributed by atoms with Gasteiger partial charge in [-0.05, 0) is 73.4 Å². The van der Waals surface area contributed by atoms with Crippen LogP contribution in [0.2, 0.25) is 5.02 Å². The van der Waals surface area contributed by atoms with Crippen LogP contribution in [0.5, 0.6) is 5.88 Å². The van der Waals surface area contributed by atoms with Crippen LogP contribution >= 0.6 is 11.6 Å². The van der Waals surface area contributed by atoms with Gasteiger partial charge in [-0.3, -0.25) is 4.79 Å². The number of halogens is 5. The van der Waals surface area contributed by atoms with E-state index in [1.54, 1.807) is 13.8 Å².